The van der Waals surface area contributed by atoms with Crippen LogP contribution in [-0.4, -0.2) is 17.1 Å². The average Bonchev–Trinajstić information content (AvgIpc) is 3.19. The molecule has 8 heteroatoms. The van der Waals surface area contributed by atoms with Crippen LogP contribution in [0.5, 0.6) is 5.75 Å². The number of anilines is 1. The molecule has 160 valence electrons. The van der Waals surface area contributed by atoms with E-state index in [1.165, 1.54) is 29.9 Å². The van der Waals surface area contributed by atoms with Crippen molar-refractivity contribution < 1.29 is 18.3 Å². The lowest BCUT2D eigenvalue weighted by Gasteiger charge is -2.26. The quantitative estimate of drug-likeness (QED) is 0.578. The molecule has 3 aromatic rings. The van der Waals surface area contributed by atoms with E-state index in [1.807, 2.05) is 23.6 Å². The van der Waals surface area contributed by atoms with Crippen molar-refractivity contribution in [3.05, 3.63) is 58.2 Å². The zero-order valence-electron chi connectivity index (χ0n) is 16.7. The highest BCUT2D eigenvalue weighted by Gasteiger charge is 2.22. The minimum Gasteiger partial charge on any atom is -0.482 e. The van der Waals surface area contributed by atoms with Crippen LogP contribution < -0.4 is 14.9 Å². The van der Waals surface area contributed by atoms with E-state index in [9.17, 15) is 13.6 Å². The molecule has 0 bridgehead atoms. The molecule has 2 heterocycles. The van der Waals surface area contributed by atoms with E-state index in [1.54, 1.807) is 0 Å². The van der Waals surface area contributed by atoms with Crippen molar-refractivity contribution in [2.24, 2.45) is 4.99 Å². The number of amides is 1. The minimum atomic E-state index is -0.682. The first-order valence-corrected chi connectivity index (χ1v) is 11.2. The van der Waals surface area contributed by atoms with Crippen molar-refractivity contribution >= 4 is 28.6 Å². The molecular formula is C23H21F2N3O2S. The summed E-state index contributed by atoms with van der Waals surface area (Å²) in [7, 11) is 0. The summed E-state index contributed by atoms with van der Waals surface area (Å²) in [5.74, 6) is -0.848. The Kier molecular flexibility index (Phi) is 5.31. The van der Waals surface area contributed by atoms with E-state index in [-0.39, 0.29) is 24.2 Å². The summed E-state index contributed by atoms with van der Waals surface area (Å²) in [6.07, 6.45) is 5.51. The molecule has 2 aliphatic rings. The largest absolute Gasteiger partial charge is 0.482 e. The molecule has 5 nitrogen and oxygen atoms in total. The van der Waals surface area contributed by atoms with Gasteiger partial charge in [0.2, 0.25) is 0 Å². The highest BCUT2D eigenvalue weighted by Crippen LogP contribution is 2.36. The fourth-order valence-corrected chi connectivity index (χ4v) is 5.20. The second kappa shape index (κ2) is 8.26. The number of hydrogen-bond donors (Lipinski definition) is 1. The Morgan fingerprint density at radius 3 is 2.74 bits per heavy atom. The predicted molar refractivity (Wildman–Crippen MR) is 116 cm³/mol. The van der Waals surface area contributed by atoms with Crippen molar-refractivity contribution in [1.82, 2.24) is 4.57 Å². The van der Waals surface area contributed by atoms with Crippen LogP contribution in [0.1, 0.15) is 38.1 Å². The molecule has 1 aromatic heterocycles. The van der Waals surface area contributed by atoms with Gasteiger partial charge in [0.05, 0.1) is 11.4 Å². The fraction of sp³-hybridized carbons (Fsp3) is 0.304. The van der Waals surface area contributed by atoms with E-state index in [4.69, 9.17) is 4.74 Å². The first kappa shape index (κ1) is 19.9. The summed E-state index contributed by atoms with van der Waals surface area (Å²) >= 11 is 1.43. The summed E-state index contributed by atoms with van der Waals surface area (Å²) in [6, 6.07) is 9.39. The Balaban J connectivity index is 1.64. The number of ether oxygens (including phenoxy) is 1. The van der Waals surface area contributed by atoms with E-state index >= 15 is 0 Å². The van der Waals surface area contributed by atoms with Gasteiger partial charge in [0.1, 0.15) is 17.3 Å². The van der Waals surface area contributed by atoms with Crippen LogP contribution in [0.15, 0.2) is 46.8 Å². The number of rotatable bonds is 3. The average molecular weight is 442 g/mol. The second-order valence-corrected chi connectivity index (χ2v) is 8.66. The first-order valence-electron chi connectivity index (χ1n) is 10.4. The standard InChI is InChI=1S/C23H21F2N3O2S/c24-15-7-8-18(17(25)11-15)27-23-28(16-4-2-1-3-5-16)20(13-31-23)14-6-9-21-19(10-14)26-22(29)12-30-21/h6-11,13,16H,1-5,12H2,(H,26,29). The Bertz CT molecular complexity index is 1210. The second-order valence-electron chi connectivity index (χ2n) is 7.82. The van der Waals surface area contributed by atoms with Crippen molar-refractivity contribution in [3.8, 4) is 17.0 Å². The summed E-state index contributed by atoms with van der Waals surface area (Å²) < 4.78 is 35.2. The van der Waals surface area contributed by atoms with Gasteiger partial charge in [-0.2, -0.15) is 0 Å². The number of carbonyl (C=O) groups is 1. The molecule has 0 radical (unpaired) electrons. The summed E-state index contributed by atoms with van der Waals surface area (Å²) in [5, 5.41) is 4.85. The number of aromatic nitrogens is 1. The number of halogens is 2. The lowest BCUT2D eigenvalue weighted by molar-refractivity contribution is -0.118. The SMILES string of the molecule is O=C1COc2ccc(-c3csc(=Nc4ccc(F)cc4F)n3C3CCCCC3)cc2N1. The van der Waals surface area contributed by atoms with Crippen LogP contribution in [-0.2, 0) is 4.79 Å². The molecule has 5 rings (SSSR count). The highest BCUT2D eigenvalue weighted by atomic mass is 32.1. The van der Waals surface area contributed by atoms with Gasteiger partial charge in [0.25, 0.3) is 5.91 Å². The molecule has 1 fully saturated rings. The molecule has 2 aromatic carbocycles. The zero-order valence-corrected chi connectivity index (χ0v) is 17.6. The first-order chi connectivity index (χ1) is 15.1. The van der Waals surface area contributed by atoms with Crippen LogP contribution in [0.4, 0.5) is 20.2 Å². The molecule has 1 aliphatic carbocycles. The third-order valence-corrected chi connectivity index (χ3v) is 6.56. The van der Waals surface area contributed by atoms with Gasteiger partial charge in [-0.15, -0.1) is 11.3 Å². The molecule has 1 N–H and O–H groups in total. The molecule has 0 spiro atoms. The number of thiazole rings is 1. The molecule has 0 saturated heterocycles. The van der Waals surface area contributed by atoms with Crippen LogP contribution in [0, 0.1) is 11.6 Å². The lowest BCUT2D eigenvalue weighted by Crippen LogP contribution is -2.25. The third kappa shape index (κ3) is 3.99. The number of nitrogens with one attached hydrogen (secondary N) is 1. The van der Waals surface area contributed by atoms with Gasteiger partial charge in [0, 0.05) is 23.1 Å². The number of hydrogen-bond acceptors (Lipinski definition) is 4. The van der Waals surface area contributed by atoms with Gasteiger partial charge in [-0.05, 0) is 43.2 Å². The molecule has 1 amide bonds. The number of fused-ring (bicyclic) bond motifs is 1. The molecule has 1 aliphatic heterocycles. The third-order valence-electron chi connectivity index (χ3n) is 5.72. The van der Waals surface area contributed by atoms with Crippen molar-refractivity contribution in [2.45, 2.75) is 38.1 Å². The Labute approximate surface area is 182 Å². The van der Waals surface area contributed by atoms with Gasteiger partial charge in [-0.3, -0.25) is 4.79 Å². The summed E-state index contributed by atoms with van der Waals surface area (Å²) in [6.45, 7) is 0.0130. The van der Waals surface area contributed by atoms with Gasteiger partial charge >= 0.3 is 0 Å². The smallest absolute Gasteiger partial charge is 0.262 e. The molecular weight excluding hydrogens is 420 g/mol. The number of benzene rings is 2. The Morgan fingerprint density at radius 2 is 1.94 bits per heavy atom. The van der Waals surface area contributed by atoms with E-state index < -0.39 is 11.6 Å². The van der Waals surface area contributed by atoms with E-state index in [0.29, 0.717) is 16.2 Å². The van der Waals surface area contributed by atoms with Crippen LogP contribution in [0.3, 0.4) is 0 Å². The molecule has 0 unspecified atom stereocenters. The highest BCUT2D eigenvalue weighted by molar-refractivity contribution is 7.07. The summed E-state index contributed by atoms with van der Waals surface area (Å²) in [4.78, 5) is 17.0. The van der Waals surface area contributed by atoms with Crippen LogP contribution in [0.2, 0.25) is 0 Å². The van der Waals surface area contributed by atoms with Crippen LogP contribution >= 0.6 is 11.3 Å². The molecule has 1 saturated carbocycles. The maximum atomic E-state index is 14.3. The number of carbonyl (C=O) groups excluding carboxylic acids is 1. The topological polar surface area (TPSA) is 55.6 Å². The molecule has 0 atom stereocenters. The van der Waals surface area contributed by atoms with E-state index in [2.05, 4.69) is 14.9 Å². The normalized spacial score (nSPS) is 17.2. The Morgan fingerprint density at radius 1 is 1.10 bits per heavy atom. The van der Waals surface area contributed by atoms with Crippen LogP contribution in [0.25, 0.3) is 11.3 Å². The zero-order chi connectivity index (χ0) is 21.4. The van der Waals surface area contributed by atoms with Gasteiger partial charge in [0.15, 0.2) is 17.2 Å². The summed E-state index contributed by atoms with van der Waals surface area (Å²) in [5.41, 5.74) is 2.64. The maximum absolute atomic E-state index is 14.3. The monoisotopic (exact) mass is 441 g/mol. The minimum absolute atomic E-state index is 0.0130. The lowest BCUT2D eigenvalue weighted by atomic mass is 9.95. The maximum Gasteiger partial charge on any atom is 0.262 e. The van der Waals surface area contributed by atoms with Crippen molar-refractivity contribution in [3.63, 3.8) is 0 Å². The van der Waals surface area contributed by atoms with Gasteiger partial charge in [-0.25, -0.2) is 13.8 Å². The predicted octanol–water partition coefficient (Wildman–Crippen LogP) is 5.56. The number of nitrogens with zero attached hydrogens (tertiary/aromatic N) is 2. The van der Waals surface area contributed by atoms with Crippen molar-refractivity contribution in [1.29, 1.82) is 0 Å². The Hall–Kier alpha value is -3.00. The molecule has 31 heavy (non-hydrogen) atoms. The van der Waals surface area contributed by atoms with Gasteiger partial charge < -0.3 is 14.6 Å². The van der Waals surface area contributed by atoms with Crippen molar-refractivity contribution in [2.75, 3.05) is 11.9 Å². The fourth-order valence-electron chi connectivity index (χ4n) is 4.22. The van der Waals surface area contributed by atoms with Gasteiger partial charge in [-0.1, -0.05) is 19.3 Å². The van der Waals surface area contributed by atoms with E-state index in [0.717, 1.165) is 43.0 Å².